The molecule has 3 amide bonds. The monoisotopic (exact) mass is 400 g/mol. The third-order valence-electron chi connectivity index (χ3n) is 6.39. The first kappa shape index (κ1) is 18.5. The molecule has 0 aromatic heterocycles. The average Bonchev–Trinajstić information content (AvgIpc) is 3.42. The van der Waals surface area contributed by atoms with Gasteiger partial charge in [0.2, 0.25) is 11.8 Å². The maximum absolute atomic E-state index is 12.9. The largest absolute Gasteiger partial charge is 0.322 e. The summed E-state index contributed by atoms with van der Waals surface area (Å²) in [6.07, 6.45) is 5.02. The number of amides is 3. The van der Waals surface area contributed by atoms with Crippen LogP contribution in [0, 0.1) is 23.7 Å². The fourth-order valence-electron chi connectivity index (χ4n) is 4.94. The maximum atomic E-state index is 12.9. The van der Waals surface area contributed by atoms with Gasteiger partial charge in [-0.1, -0.05) is 24.3 Å². The summed E-state index contributed by atoms with van der Waals surface area (Å²) >= 11 is 0. The lowest BCUT2D eigenvalue weighted by Crippen LogP contribution is -2.32. The number of nitrogens with zero attached hydrogens (tertiary/aromatic N) is 1. The van der Waals surface area contributed by atoms with Crippen molar-refractivity contribution >= 4 is 34.9 Å². The molecule has 1 saturated heterocycles. The zero-order valence-electron chi connectivity index (χ0n) is 16.4. The summed E-state index contributed by atoms with van der Waals surface area (Å²) in [5, 5.41) is 2.77. The minimum absolute atomic E-state index is 0.0798. The Morgan fingerprint density at radius 1 is 0.900 bits per heavy atom. The second-order valence-corrected chi connectivity index (χ2v) is 8.15. The molecule has 2 aliphatic carbocycles. The lowest BCUT2D eigenvalue weighted by Gasteiger charge is -2.17. The van der Waals surface area contributed by atoms with Crippen LogP contribution in [0.4, 0.5) is 11.4 Å². The van der Waals surface area contributed by atoms with Crippen LogP contribution in [0.3, 0.4) is 0 Å². The molecule has 3 aliphatic rings. The van der Waals surface area contributed by atoms with Crippen LogP contribution >= 0.6 is 0 Å². The third kappa shape index (κ3) is 2.79. The van der Waals surface area contributed by atoms with Gasteiger partial charge in [0.05, 0.1) is 17.5 Å². The van der Waals surface area contributed by atoms with Crippen LogP contribution in [0.2, 0.25) is 0 Å². The van der Waals surface area contributed by atoms with E-state index in [4.69, 9.17) is 0 Å². The van der Waals surface area contributed by atoms with Gasteiger partial charge in [-0.05, 0) is 61.6 Å². The van der Waals surface area contributed by atoms with Crippen LogP contribution in [-0.2, 0) is 9.59 Å². The lowest BCUT2D eigenvalue weighted by molar-refractivity contribution is -0.123. The van der Waals surface area contributed by atoms with Crippen LogP contribution in [-0.4, -0.2) is 23.5 Å². The molecule has 6 nitrogen and oxygen atoms in total. The number of carbonyl (C=O) groups excluding carboxylic acids is 4. The summed E-state index contributed by atoms with van der Waals surface area (Å²) in [5.74, 6) is -0.855. The molecule has 4 unspecified atom stereocenters. The van der Waals surface area contributed by atoms with Crippen molar-refractivity contribution in [2.45, 2.75) is 13.3 Å². The molecule has 2 aromatic rings. The molecule has 0 spiro atoms. The highest BCUT2D eigenvalue weighted by atomic mass is 16.2. The Morgan fingerprint density at radius 3 is 2.13 bits per heavy atom. The number of anilines is 2. The van der Waals surface area contributed by atoms with Gasteiger partial charge in [0.25, 0.3) is 5.91 Å². The van der Waals surface area contributed by atoms with Gasteiger partial charge in [-0.15, -0.1) is 0 Å². The number of hydrogen-bond acceptors (Lipinski definition) is 4. The first-order chi connectivity index (χ1) is 14.4. The lowest BCUT2D eigenvalue weighted by atomic mass is 9.85. The Morgan fingerprint density at radius 2 is 1.53 bits per heavy atom. The van der Waals surface area contributed by atoms with Crippen molar-refractivity contribution in [2.75, 3.05) is 10.2 Å². The number of nitrogens with one attached hydrogen (secondary N) is 1. The van der Waals surface area contributed by atoms with Crippen LogP contribution < -0.4 is 10.2 Å². The van der Waals surface area contributed by atoms with Gasteiger partial charge in [0.15, 0.2) is 5.78 Å². The van der Waals surface area contributed by atoms with E-state index in [0.717, 1.165) is 6.42 Å². The zero-order chi connectivity index (χ0) is 21.0. The first-order valence-electron chi connectivity index (χ1n) is 10.0. The van der Waals surface area contributed by atoms with E-state index in [1.165, 1.54) is 11.8 Å². The Hall–Kier alpha value is -3.54. The number of Topliss-reactive ketones (excluding diaryl/α,β-unsaturated/α-hetero) is 1. The fourth-order valence-corrected chi connectivity index (χ4v) is 4.94. The van der Waals surface area contributed by atoms with E-state index in [-0.39, 0.29) is 47.2 Å². The molecule has 150 valence electrons. The van der Waals surface area contributed by atoms with Crippen LogP contribution in [0.5, 0.6) is 0 Å². The summed E-state index contributed by atoms with van der Waals surface area (Å²) in [6, 6.07) is 13.2. The number of ketones is 1. The van der Waals surface area contributed by atoms with E-state index in [1.807, 2.05) is 0 Å². The van der Waals surface area contributed by atoms with E-state index in [1.54, 1.807) is 48.5 Å². The van der Waals surface area contributed by atoms with Crippen molar-refractivity contribution in [1.29, 1.82) is 0 Å². The van der Waals surface area contributed by atoms with Crippen molar-refractivity contribution in [3.05, 3.63) is 71.8 Å². The molecule has 30 heavy (non-hydrogen) atoms. The molecule has 1 heterocycles. The van der Waals surface area contributed by atoms with E-state index < -0.39 is 0 Å². The SMILES string of the molecule is CC(=O)c1cccc(NC(=O)c2ccc(N3C(=O)C4C5C=CC(C5)C4C3=O)cc2)c1. The average molecular weight is 400 g/mol. The Bertz CT molecular complexity index is 1090. The topological polar surface area (TPSA) is 83.6 Å². The van der Waals surface area contributed by atoms with Gasteiger partial charge in [-0.3, -0.25) is 24.1 Å². The van der Waals surface area contributed by atoms with Crippen LogP contribution in [0.25, 0.3) is 0 Å². The molecule has 0 radical (unpaired) electrons. The smallest absolute Gasteiger partial charge is 0.255 e. The minimum atomic E-state index is -0.333. The van der Waals surface area contributed by atoms with Crippen molar-refractivity contribution in [3.8, 4) is 0 Å². The predicted octanol–water partition coefficient (Wildman–Crippen LogP) is 3.45. The van der Waals surface area contributed by atoms with E-state index in [2.05, 4.69) is 17.5 Å². The quantitative estimate of drug-likeness (QED) is 0.484. The molecule has 1 saturated carbocycles. The van der Waals surface area contributed by atoms with Crippen molar-refractivity contribution in [2.24, 2.45) is 23.7 Å². The standard InChI is InChI=1S/C24H20N2O4/c1-13(27)15-3-2-4-18(12-15)25-22(28)14-7-9-19(10-8-14)26-23(29)20-16-5-6-17(11-16)21(20)24(26)30/h2-10,12,16-17,20-21H,11H2,1H3,(H,25,28). The van der Waals surface area contributed by atoms with Crippen molar-refractivity contribution in [3.63, 3.8) is 0 Å². The molecule has 2 aromatic carbocycles. The summed E-state index contributed by atoms with van der Waals surface area (Å²) in [4.78, 5) is 51.1. The summed E-state index contributed by atoms with van der Waals surface area (Å²) < 4.78 is 0. The molecule has 2 fully saturated rings. The van der Waals surface area contributed by atoms with Gasteiger partial charge in [-0.25, -0.2) is 0 Å². The Kier molecular flexibility index (Phi) is 4.17. The number of rotatable bonds is 4. The highest BCUT2D eigenvalue weighted by Gasteiger charge is 2.59. The molecule has 1 aliphatic heterocycles. The number of carbonyl (C=O) groups is 4. The molecule has 4 atom stereocenters. The number of allylic oxidation sites excluding steroid dienone is 2. The molecule has 2 bridgehead atoms. The molecule has 6 heteroatoms. The van der Waals surface area contributed by atoms with Gasteiger partial charge in [-0.2, -0.15) is 0 Å². The molecule has 5 rings (SSSR count). The second kappa shape index (κ2) is 6.76. The number of imide groups is 1. The Labute approximate surface area is 173 Å². The minimum Gasteiger partial charge on any atom is -0.322 e. The van der Waals surface area contributed by atoms with Gasteiger partial charge in [0, 0.05) is 16.8 Å². The highest BCUT2D eigenvalue weighted by Crippen LogP contribution is 2.53. The van der Waals surface area contributed by atoms with Crippen LogP contribution in [0.1, 0.15) is 34.1 Å². The van der Waals surface area contributed by atoms with E-state index in [0.29, 0.717) is 22.5 Å². The number of benzene rings is 2. The highest BCUT2D eigenvalue weighted by molar-refractivity contribution is 6.23. The summed E-state index contributed by atoms with van der Waals surface area (Å²) in [7, 11) is 0. The summed E-state index contributed by atoms with van der Waals surface area (Å²) in [5.41, 5.74) is 1.93. The molecular formula is C24H20N2O4. The van der Waals surface area contributed by atoms with Gasteiger partial charge in [0.1, 0.15) is 0 Å². The fraction of sp³-hybridized carbons (Fsp3) is 0.250. The number of hydrogen-bond donors (Lipinski definition) is 1. The van der Waals surface area contributed by atoms with E-state index in [9.17, 15) is 19.2 Å². The van der Waals surface area contributed by atoms with Gasteiger partial charge >= 0.3 is 0 Å². The predicted molar refractivity (Wildman–Crippen MR) is 111 cm³/mol. The van der Waals surface area contributed by atoms with Gasteiger partial charge < -0.3 is 5.32 Å². The maximum Gasteiger partial charge on any atom is 0.255 e. The Balaban J connectivity index is 1.33. The van der Waals surface area contributed by atoms with Crippen molar-refractivity contribution in [1.82, 2.24) is 0 Å². The zero-order valence-corrected chi connectivity index (χ0v) is 16.4. The van der Waals surface area contributed by atoms with Crippen molar-refractivity contribution < 1.29 is 19.2 Å². The van der Waals surface area contributed by atoms with E-state index >= 15 is 0 Å². The molecular weight excluding hydrogens is 380 g/mol. The summed E-state index contributed by atoms with van der Waals surface area (Å²) in [6.45, 7) is 1.47. The van der Waals surface area contributed by atoms with Crippen LogP contribution in [0.15, 0.2) is 60.7 Å². The first-order valence-corrected chi connectivity index (χ1v) is 10.0. The normalized spacial score (nSPS) is 26.2. The third-order valence-corrected chi connectivity index (χ3v) is 6.39. The molecule has 1 N–H and O–H groups in total. The number of fused-ring (bicyclic) bond motifs is 5. The second-order valence-electron chi connectivity index (χ2n) is 8.15.